The van der Waals surface area contributed by atoms with Crippen LogP contribution in [0, 0.1) is 26.7 Å². The van der Waals surface area contributed by atoms with Gasteiger partial charge in [0.25, 0.3) is 0 Å². The Kier molecular flexibility index (Phi) is 7.02. The highest BCUT2D eigenvalue weighted by molar-refractivity contribution is 7.89. The van der Waals surface area contributed by atoms with E-state index in [0.717, 1.165) is 23.1 Å². The van der Waals surface area contributed by atoms with E-state index in [1.807, 2.05) is 32.9 Å². The Morgan fingerprint density at radius 2 is 1.62 bits per heavy atom. The average Bonchev–Trinajstić information content (AvgIpc) is 2.63. The number of nitrogens with zero attached hydrogens (tertiary/aromatic N) is 2. The lowest BCUT2D eigenvalue weighted by molar-refractivity contribution is -0.123. The van der Waals surface area contributed by atoms with Gasteiger partial charge in [0.1, 0.15) is 0 Å². The van der Waals surface area contributed by atoms with Crippen LogP contribution in [-0.4, -0.2) is 62.3 Å². The molecule has 0 bridgehead atoms. The summed E-state index contributed by atoms with van der Waals surface area (Å²) < 4.78 is 28.0. The highest BCUT2D eigenvalue weighted by Crippen LogP contribution is 2.26. The van der Waals surface area contributed by atoms with Crippen LogP contribution in [0.15, 0.2) is 17.0 Å². The molecule has 0 aromatic heterocycles. The Bertz CT molecular complexity index is 822. The monoisotopic (exact) mass is 421 g/mol. The zero-order chi connectivity index (χ0) is 21.2. The molecule has 0 spiro atoms. The molecule has 7 heteroatoms. The third-order valence-electron chi connectivity index (χ3n) is 6.36. The highest BCUT2D eigenvalue weighted by Gasteiger charge is 2.31. The van der Waals surface area contributed by atoms with Gasteiger partial charge in [-0.2, -0.15) is 4.31 Å². The van der Waals surface area contributed by atoms with Crippen molar-refractivity contribution < 1.29 is 13.2 Å². The summed E-state index contributed by atoms with van der Waals surface area (Å²) >= 11 is 0. The molecular weight excluding hydrogens is 386 g/mol. The van der Waals surface area contributed by atoms with Gasteiger partial charge >= 0.3 is 0 Å². The second-order valence-electron chi connectivity index (χ2n) is 8.84. The fraction of sp³-hybridized carbons (Fsp3) is 0.682. The van der Waals surface area contributed by atoms with E-state index in [-0.39, 0.29) is 11.9 Å². The predicted molar refractivity (Wildman–Crippen MR) is 115 cm³/mol. The lowest BCUT2D eigenvalue weighted by Crippen LogP contribution is -2.52. The Balaban J connectivity index is 1.57. The van der Waals surface area contributed by atoms with Crippen molar-refractivity contribution in [1.82, 2.24) is 14.5 Å². The Hall–Kier alpha value is -1.44. The van der Waals surface area contributed by atoms with Gasteiger partial charge in [-0.25, -0.2) is 8.42 Å². The quantitative estimate of drug-likeness (QED) is 0.793. The summed E-state index contributed by atoms with van der Waals surface area (Å²) in [6.45, 7) is 10.3. The first kappa shape index (κ1) is 22.2. The minimum Gasteiger partial charge on any atom is -0.352 e. The van der Waals surface area contributed by atoms with Crippen molar-refractivity contribution in [3.05, 3.63) is 28.8 Å². The molecule has 1 aromatic rings. The summed E-state index contributed by atoms with van der Waals surface area (Å²) in [5, 5.41) is 3.19. The van der Waals surface area contributed by atoms with Gasteiger partial charge in [0.2, 0.25) is 15.9 Å². The minimum atomic E-state index is -3.52. The number of piperazine rings is 1. The van der Waals surface area contributed by atoms with Crippen LogP contribution in [0.3, 0.4) is 0 Å². The van der Waals surface area contributed by atoms with Crippen LogP contribution < -0.4 is 5.32 Å². The normalized spacial score (nSPS) is 24.4. The summed E-state index contributed by atoms with van der Waals surface area (Å²) in [4.78, 5) is 15.0. The molecule has 162 valence electrons. The van der Waals surface area contributed by atoms with Gasteiger partial charge in [-0.1, -0.05) is 37.5 Å². The lowest BCUT2D eigenvalue weighted by atomic mass is 9.86. The smallest absolute Gasteiger partial charge is 0.243 e. The van der Waals surface area contributed by atoms with Crippen molar-refractivity contribution in [1.29, 1.82) is 0 Å². The molecule has 6 nitrogen and oxygen atoms in total. The maximum atomic E-state index is 13.2. The summed E-state index contributed by atoms with van der Waals surface area (Å²) in [6, 6.07) is 4.13. The molecule has 0 radical (unpaired) electrons. The predicted octanol–water partition coefficient (Wildman–Crippen LogP) is 2.61. The van der Waals surface area contributed by atoms with E-state index < -0.39 is 10.0 Å². The summed E-state index contributed by atoms with van der Waals surface area (Å²) in [5.74, 6) is 0.598. The van der Waals surface area contributed by atoms with Gasteiger partial charge < -0.3 is 5.32 Å². The van der Waals surface area contributed by atoms with E-state index >= 15 is 0 Å². The summed E-state index contributed by atoms with van der Waals surface area (Å²) in [5.41, 5.74) is 2.67. The molecule has 1 aliphatic heterocycles. The van der Waals surface area contributed by atoms with Crippen LogP contribution >= 0.6 is 0 Å². The second kappa shape index (κ2) is 9.14. The van der Waals surface area contributed by atoms with Crippen LogP contribution in [-0.2, 0) is 14.8 Å². The second-order valence-corrected chi connectivity index (χ2v) is 10.7. The number of nitrogens with one attached hydrogen (secondary N) is 1. The molecule has 1 heterocycles. The molecule has 1 aliphatic carbocycles. The molecule has 29 heavy (non-hydrogen) atoms. The van der Waals surface area contributed by atoms with Crippen molar-refractivity contribution in [3.63, 3.8) is 0 Å². The summed E-state index contributed by atoms with van der Waals surface area (Å²) in [7, 11) is -3.52. The lowest BCUT2D eigenvalue weighted by Gasteiger charge is -2.35. The van der Waals surface area contributed by atoms with E-state index in [4.69, 9.17) is 0 Å². The number of benzene rings is 1. The van der Waals surface area contributed by atoms with E-state index in [0.29, 0.717) is 43.5 Å². The van der Waals surface area contributed by atoms with Crippen LogP contribution in [0.25, 0.3) is 0 Å². The van der Waals surface area contributed by atoms with Crippen LogP contribution in [0.5, 0.6) is 0 Å². The van der Waals surface area contributed by atoms with Gasteiger partial charge in [-0.3, -0.25) is 9.69 Å². The number of amides is 1. The number of aryl methyl sites for hydroxylation is 3. The largest absolute Gasteiger partial charge is 0.352 e. The van der Waals surface area contributed by atoms with Crippen LogP contribution in [0.4, 0.5) is 0 Å². The maximum absolute atomic E-state index is 13.2. The fourth-order valence-corrected chi connectivity index (χ4v) is 6.65. The zero-order valence-electron chi connectivity index (χ0n) is 18.2. The Morgan fingerprint density at radius 3 is 2.21 bits per heavy atom. The molecule has 2 aliphatic rings. The third kappa shape index (κ3) is 5.19. The van der Waals surface area contributed by atoms with Crippen molar-refractivity contribution in [2.75, 3.05) is 32.7 Å². The van der Waals surface area contributed by atoms with Crippen molar-refractivity contribution >= 4 is 15.9 Å². The molecule has 1 aromatic carbocycles. The SMILES string of the molecule is Cc1cc(C)c(S(=O)(=O)N2CCN(CC(=O)NC3CCCCC3C)CC2)c(C)c1. The molecule has 1 amide bonds. The van der Waals surface area contributed by atoms with Crippen molar-refractivity contribution in [2.24, 2.45) is 5.92 Å². The number of rotatable bonds is 5. The first-order chi connectivity index (χ1) is 13.7. The van der Waals surface area contributed by atoms with E-state index in [1.54, 1.807) is 4.31 Å². The topological polar surface area (TPSA) is 69.7 Å². The van der Waals surface area contributed by atoms with E-state index in [9.17, 15) is 13.2 Å². The first-order valence-electron chi connectivity index (χ1n) is 10.8. The molecule has 3 rings (SSSR count). The van der Waals surface area contributed by atoms with Crippen LogP contribution in [0.2, 0.25) is 0 Å². The molecular formula is C22H35N3O3S. The maximum Gasteiger partial charge on any atom is 0.243 e. The number of carbonyl (C=O) groups is 1. The first-order valence-corrected chi connectivity index (χ1v) is 12.2. The number of hydrogen-bond acceptors (Lipinski definition) is 4. The van der Waals surface area contributed by atoms with E-state index in [1.165, 1.54) is 19.3 Å². The van der Waals surface area contributed by atoms with Gasteiger partial charge in [-0.05, 0) is 50.7 Å². The van der Waals surface area contributed by atoms with Gasteiger partial charge in [-0.15, -0.1) is 0 Å². The van der Waals surface area contributed by atoms with E-state index in [2.05, 4.69) is 17.1 Å². The minimum absolute atomic E-state index is 0.0604. The van der Waals surface area contributed by atoms with Crippen molar-refractivity contribution in [2.45, 2.75) is 64.3 Å². The standard InChI is InChI=1S/C22H35N3O3S/c1-16-13-18(3)22(19(4)14-16)29(27,28)25-11-9-24(10-12-25)15-21(26)23-20-8-6-5-7-17(20)2/h13-14,17,20H,5-12,15H2,1-4H3,(H,23,26). The highest BCUT2D eigenvalue weighted by atomic mass is 32.2. The van der Waals surface area contributed by atoms with Gasteiger partial charge in [0.15, 0.2) is 0 Å². The molecule has 2 unspecified atom stereocenters. The number of carbonyl (C=O) groups excluding carboxylic acids is 1. The third-order valence-corrected chi connectivity index (χ3v) is 8.56. The fourth-order valence-electron chi connectivity index (χ4n) is 4.82. The number of hydrogen-bond donors (Lipinski definition) is 1. The molecule has 2 atom stereocenters. The summed E-state index contributed by atoms with van der Waals surface area (Å²) in [6.07, 6.45) is 4.68. The van der Waals surface area contributed by atoms with Crippen molar-refractivity contribution in [3.8, 4) is 0 Å². The zero-order valence-corrected chi connectivity index (χ0v) is 19.0. The Labute approximate surface area is 175 Å². The Morgan fingerprint density at radius 1 is 1.03 bits per heavy atom. The molecule has 2 fully saturated rings. The average molecular weight is 422 g/mol. The van der Waals surface area contributed by atoms with Crippen LogP contribution in [0.1, 0.15) is 49.3 Å². The molecule has 1 saturated carbocycles. The number of sulfonamides is 1. The molecule has 1 N–H and O–H groups in total. The molecule has 1 saturated heterocycles. The van der Waals surface area contributed by atoms with Gasteiger partial charge in [0.05, 0.1) is 11.4 Å². The van der Waals surface area contributed by atoms with Gasteiger partial charge in [0, 0.05) is 32.2 Å².